The monoisotopic (exact) mass is 297 g/mol. The van der Waals surface area contributed by atoms with Crippen molar-refractivity contribution in [3.8, 4) is 0 Å². The molecule has 0 aromatic carbocycles. The number of methoxy groups -OCH3 is 1. The summed E-state index contributed by atoms with van der Waals surface area (Å²) in [6.45, 7) is 0. The fourth-order valence-electron chi connectivity index (χ4n) is 1.58. The van der Waals surface area contributed by atoms with Crippen molar-refractivity contribution < 1.29 is 22.7 Å². The highest BCUT2D eigenvalue weighted by Gasteiger charge is 2.32. The third-order valence-electron chi connectivity index (χ3n) is 2.53. The number of aromatic nitrogens is 2. The number of hydrogen-bond donors (Lipinski definition) is 1. The first-order valence-corrected chi connectivity index (χ1v) is 5.75. The van der Waals surface area contributed by atoms with E-state index >= 15 is 0 Å². The lowest BCUT2D eigenvalue weighted by Gasteiger charge is -2.11. The summed E-state index contributed by atoms with van der Waals surface area (Å²) in [7, 11) is 1.20. The van der Waals surface area contributed by atoms with Gasteiger partial charge in [-0.05, 0) is 24.3 Å². The number of hydrogen-bond acceptors (Lipinski definition) is 5. The summed E-state index contributed by atoms with van der Waals surface area (Å²) in [4.78, 5) is 18.7. The predicted octanol–water partition coefficient (Wildman–Crippen LogP) is 3.03. The fraction of sp³-hybridized carbons (Fsp3) is 0.154. The quantitative estimate of drug-likeness (QED) is 0.882. The molecule has 0 aliphatic rings. The van der Waals surface area contributed by atoms with Crippen molar-refractivity contribution in [2.45, 2.75) is 6.18 Å². The van der Waals surface area contributed by atoms with Crippen LogP contribution >= 0.6 is 0 Å². The van der Waals surface area contributed by atoms with Crippen LogP contribution < -0.4 is 5.32 Å². The van der Waals surface area contributed by atoms with Crippen LogP contribution in [0, 0.1) is 0 Å². The van der Waals surface area contributed by atoms with Crippen molar-refractivity contribution in [2.24, 2.45) is 0 Å². The number of rotatable bonds is 3. The first-order chi connectivity index (χ1) is 9.91. The van der Waals surface area contributed by atoms with Gasteiger partial charge >= 0.3 is 12.1 Å². The Bertz CT molecular complexity index is 659. The molecule has 0 saturated heterocycles. The van der Waals surface area contributed by atoms with Gasteiger partial charge < -0.3 is 10.1 Å². The molecule has 0 saturated carbocycles. The maximum Gasteiger partial charge on any atom is 0.433 e. The first kappa shape index (κ1) is 14.8. The van der Waals surface area contributed by atoms with Crippen molar-refractivity contribution in [3.63, 3.8) is 0 Å². The van der Waals surface area contributed by atoms with E-state index in [1.807, 2.05) is 0 Å². The number of halogens is 3. The second kappa shape index (κ2) is 5.78. The zero-order valence-corrected chi connectivity index (χ0v) is 10.8. The lowest BCUT2D eigenvalue weighted by atomic mass is 10.2. The summed E-state index contributed by atoms with van der Waals surface area (Å²) in [5.74, 6) is -0.542. The van der Waals surface area contributed by atoms with Gasteiger partial charge in [0.1, 0.15) is 17.1 Å². The number of carbonyl (C=O) groups is 1. The first-order valence-electron chi connectivity index (χ1n) is 5.75. The smallest absolute Gasteiger partial charge is 0.433 e. The standard InChI is InChI=1S/C13H10F3N3O2/c1-21-12(20)9-3-2-5-18-11(9)19-8-4-6-17-10(7-8)13(14,15)16/h2-7H,1H3,(H,17,18,19). The molecular weight excluding hydrogens is 287 g/mol. The van der Waals surface area contributed by atoms with E-state index < -0.39 is 17.8 Å². The molecule has 0 unspecified atom stereocenters. The fourth-order valence-corrected chi connectivity index (χ4v) is 1.58. The molecule has 0 aliphatic carbocycles. The molecular formula is C13H10F3N3O2. The summed E-state index contributed by atoms with van der Waals surface area (Å²) in [6, 6.07) is 5.14. The molecule has 2 aromatic heterocycles. The predicted molar refractivity (Wildman–Crippen MR) is 68.1 cm³/mol. The Morgan fingerprint density at radius 1 is 1.24 bits per heavy atom. The molecule has 0 aliphatic heterocycles. The van der Waals surface area contributed by atoms with Crippen LogP contribution in [-0.4, -0.2) is 23.0 Å². The summed E-state index contributed by atoms with van der Waals surface area (Å²) in [5.41, 5.74) is -0.811. The van der Waals surface area contributed by atoms with Gasteiger partial charge in [0, 0.05) is 18.1 Å². The van der Waals surface area contributed by atoms with Crippen LogP contribution in [0.2, 0.25) is 0 Å². The minimum Gasteiger partial charge on any atom is -0.465 e. The van der Waals surface area contributed by atoms with Crippen LogP contribution in [0.1, 0.15) is 16.1 Å². The highest BCUT2D eigenvalue weighted by molar-refractivity contribution is 5.95. The van der Waals surface area contributed by atoms with E-state index in [4.69, 9.17) is 0 Å². The minimum absolute atomic E-state index is 0.101. The number of nitrogens with one attached hydrogen (secondary N) is 1. The number of esters is 1. The van der Waals surface area contributed by atoms with Gasteiger partial charge in [-0.15, -0.1) is 0 Å². The van der Waals surface area contributed by atoms with Crippen molar-refractivity contribution in [3.05, 3.63) is 47.9 Å². The van der Waals surface area contributed by atoms with E-state index in [2.05, 4.69) is 20.0 Å². The maximum absolute atomic E-state index is 12.6. The number of ether oxygens (including phenoxy) is 1. The number of anilines is 2. The summed E-state index contributed by atoms with van der Waals surface area (Å²) >= 11 is 0. The van der Waals surface area contributed by atoms with Crippen LogP contribution in [0.25, 0.3) is 0 Å². The van der Waals surface area contributed by atoms with Gasteiger partial charge in [0.15, 0.2) is 0 Å². The van der Waals surface area contributed by atoms with E-state index in [9.17, 15) is 18.0 Å². The number of carbonyl (C=O) groups excluding carboxylic acids is 1. The highest BCUT2D eigenvalue weighted by Crippen LogP contribution is 2.29. The van der Waals surface area contributed by atoms with E-state index in [-0.39, 0.29) is 17.1 Å². The van der Waals surface area contributed by atoms with Gasteiger partial charge in [-0.2, -0.15) is 13.2 Å². The Kier molecular flexibility index (Phi) is 4.06. The molecule has 0 fully saturated rings. The lowest BCUT2D eigenvalue weighted by molar-refractivity contribution is -0.141. The Morgan fingerprint density at radius 2 is 2.00 bits per heavy atom. The third-order valence-corrected chi connectivity index (χ3v) is 2.53. The SMILES string of the molecule is COC(=O)c1cccnc1Nc1ccnc(C(F)(F)F)c1. The molecule has 2 heterocycles. The number of alkyl halides is 3. The Morgan fingerprint density at radius 3 is 2.67 bits per heavy atom. The second-order valence-corrected chi connectivity index (χ2v) is 3.94. The van der Waals surface area contributed by atoms with Gasteiger partial charge in [-0.25, -0.2) is 9.78 Å². The largest absolute Gasteiger partial charge is 0.465 e. The molecule has 2 rings (SSSR count). The van der Waals surface area contributed by atoms with Gasteiger partial charge in [0.05, 0.1) is 7.11 Å². The molecule has 0 spiro atoms. The molecule has 5 nitrogen and oxygen atoms in total. The molecule has 21 heavy (non-hydrogen) atoms. The highest BCUT2D eigenvalue weighted by atomic mass is 19.4. The van der Waals surface area contributed by atoms with Gasteiger partial charge in [-0.1, -0.05) is 0 Å². The molecule has 8 heteroatoms. The zero-order valence-electron chi connectivity index (χ0n) is 10.8. The Labute approximate surface area is 117 Å². The second-order valence-electron chi connectivity index (χ2n) is 3.94. The summed E-state index contributed by atoms with van der Waals surface area (Å²) < 4.78 is 42.3. The third kappa shape index (κ3) is 3.47. The number of nitrogens with zero attached hydrogens (tertiary/aromatic N) is 2. The van der Waals surface area contributed by atoms with Gasteiger partial charge in [-0.3, -0.25) is 4.98 Å². The lowest BCUT2D eigenvalue weighted by Crippen LogP contribution is -2.10. The zero-order chi connectivity index (χ0) is 15.5. The van der Waals surface area contributed by atoms with E-state index in [1.54, 1.807) is 0 Å². The molecule has 0 amide bonds. The average Bonchev–Trinajstić information content (AvgIpc) is 2.46. The Hall–Kier alpha value is -2.64. The molecule has 2 aromatic rings. The average molecular weight is 297 g/mol. The van der Waals surface area contributed by atoms with Crippen LogP contribution in [-0.2, 0) is 10.9 Å². The summed E-state index contributed by atoms with van der Waals surface area (Å²) in [5, 5.41) is 2.65. The normalized spacial score (nSPS) is 11.0. The molecule has 110 valence electrons. The van der Waals surface area contributed by atoms with Crippen molar-refractivity contribution in [2.75, 3.05) is 12.4 Å². The molecule has 0 radical (unpaired) electrons. The Balaban J connectivity index is 2.33. The van der Waals surface area contributed by atoms with E-state index in [0.29, 0.717) is 0 Å². The van der Waals surface area contributed by atoms with E-state index in [1.165, 1.54) is 31.5 Å². The van der Waals surface area contributed by atoms with Crippen molar-refractivity contribution in [1.29, 1.82) is 0 Å². The van der Waals surface area contributed by atoms with Gasteiger partial charge in [0.25, 0.3) is 0 Å². The number of pyridine rings is 2. The van der Waals surface area contributed by atoms with Crippen molar-refractivity contribution in [1.82, 2.24) is 9.97 Å². The van der Waals surface area contributed by atoms with Crippen LogP contribution in [0.3, 0.4) is 0 Å². The minimum atomic E-state index is -4.55. The van der Waals surface area contributed by atoms with Crippen LogP contribution in [0.15, 0.2) is 36.7 Å². The van der Waals surface area contributed by atoms with Crippen LogP contribution in [0.5, 0.6) is 0 Å². The van der Waals surface area contributed by atoms with Gasteiger partial charge in [0.2, 0.25) is 0 Å². The molecule has 0 bridgehead atoms. The van der Waals surface area contributed by atoms with Crippen molar-refractivity contribution >= 4 is 17.5 Å². The summed E-state index contributed by atoms with van der Waals surface area (Å²) in [6.07, 6.45) is -2.13. The van der Waals surface area contributed by atoms with Crippen LogP contribution in [0.4, 0.5) is 24.7 Å². The van der Waals surface area contributed by atoms with E-state index in [0.717, 1.165) is 12.3 Å². The molecule has 1 N–H and O–H groups in total. The maximum atomic E-state index is 12.6. The topological polar surface area (TPSA) is 64.1 Å². The molecule has 0 atom stereocenters.